The van der Waals surface area contributed by atoms with E-state index < -0.39 is 0 Å². The summed E-state index contributed by atoms with van der Waals surface area (Å²) in [6.07, 6.45) is 8.22. The van der Waals surface area contributed by atoms with E-state index >= 15 is 0 Å². The lowest BCUT2D eigenvalue weighted by Gasteiger charge is -2.11. The minimum absolute atomic E-state index is 0.180. The number of halogens is 1. The van der Waals surface area contributed by atoms with Crippen LogP contribution in [0.5, 0.6) is 11.5 Å². The van der Waals surface area contributed by atoms with Crippen LogP contribution in [0.4, 0.5) is 10.1 Å². The summed E-state index contributed by atoms with van der Waals surface area (Å²) in [6.45, 7) is 1.74. The monoisotopic (exact) mass is 402 g/mol. The Balaban J connectivity index is 1.22. The molecule has 4 heteroatoms. The van der Waals surface area contributed by atoms with Gasteiger partial charge in [0.15, 0.2) is 0 Å². The molecule has 0 unspecified atom stereocenters. The topological polar surface area (TPSA) is 33.3 Å². The molecule has 0 spiro atoms. The molecule has 1 heterocycles. The molecular formula is C26H27FN2O. The number of nitrogens with one attached hydrogen (secondary N) is 2. The molecule has 30 heavy (non-hydrogen) atoms. The zero-order valence-corrected chi connectivity index (χ0v) is 17.0. The summed E-state index contributed by atoms with van der Waals surface area (Å²) in [6, 6.07) is 21.2. The number of aryl methyl sites for hydroxylation is 2. The molecule has 0 aliphatic carbocycles. The number of benzene rings is 3. The highest BCUT2D eigenvalue weighted by atomic mass is 19.1. The van der Waals surface area contributed by atoms with Gasteiger partial charge in [-0.3, -0.25) is 0 Å². The average molecular weight is 403 g/mol. The lowest BCUT2D eigenvalue weighted by molar-refractivity contribution is 0.482. The van der Waals surface area contributed by atoms with Crippen molar-refractivity contribution >= 4 is 5.69 Å². The van der Waals surface area contributed by atoms with Crippen molar-refractivity contribution in [1.29, 1.82) is 0 Å². The molecule has 0 amide bonds. The second kappa shape index (κ2) is 10.1. The van der Waals surface area contributed by atoms with Crippen LogP contribution in [0.1, 0.15) is 29.5 Å². The molecule has 0 saturated heterocycles. The van der Waals surface area contributed by atoms with E-state index in [0.717, 1.165) is 56.0 Å². The zero-order chi connectivity index (χ0) is 20.6. The quantitative estimate of drug-likeness (QED) is 0.439. The highest BCUT2D eigenvalue weighted by Crippen LogP contribution is 2.29. The lowest BCUT2D eigenvalue weighted by Crippen LogP contribution is -2.15. The van der Waals surface area contributed by atoms with E-state index in [1.807, 2.05) is 36.5 Å². The summed E-state index contributed by atoms with van der Waals surface area (Å²) in [5.41, 5.74) is 4.82. The summed E-state index contributed by atoms with van der Waals surface area (Å²) in [4.78, 5) is 0. The van der Waals surface area contributed by atoms with Crippen LogP contribution in [0.15, 0.2) is 79.0 Å². The van der Waals surface area contributed by atoms with Crippen molar-refractivity contribution in [1.82, 2.24) is 5.32 Å². The van der Waals surface area contributed by atoms with E-state index in [0.29, 0.717) is 0 Å². The van der Waals surface area contributed by atoms with Gasteiger partial charge in [0, 0.05) is 18.3 Å². The summed E-state index contributed by atoms with van der Waals surface area (Å²) in [5.74, 6) is 1.49. The van der Waals surface area contributed by atoms with Crippen molar-refractivity contribution in [3.63, 3.8) is 0 Å². The van der Waals surface area contributed by atoms with E-state index in [9.17, 15) is 4.39 Å². The number of fused-ring (bicyclic) bond motifs is 1. The maximum Gasteiger partial charge on any atom is 0.129 e. The van der Waals surface area contributed by atoms with E-state index in [4.69, 9.17) is 4.74 Å². The first kappa shape index (κ1) is 20.2. The van der Waals surface area contributed by atoms with Gasteiger partial charge in [-0.15, -0.1) is 0 Å². The highest BCUT2D eigenvalue weighted by molar-refractivity contribution is 5.58. The maximum atomic E-state index is 12.9. The normalized spacial score (nSPS) is 12.7. The summed E-state index contributed by atoms with van der Waals surface area (Å²) < 4.78 is 19.0. The van der Waals surface area contributed by atoms with Crippen molar-refractivity contribution in [2.75, 3.05) is 11.9 Å². The van der Waals surface area contributed by atoms with Gasteiger partial charge < -0.3 is 15.4 Å². The Morgan fingerprint density at radius 3 is 2.50 bits per heavy atom. The zero-order valence-electron chi connectivity index (χ0n) is 17.0. The maximum absolute atomic E-state index is 12.9. The first-order valence-electron chi connectivity index (χ1n) is 10.5. The van der Waals surface area contributed by atoms with Crippen LogP contribution in [-0.4, -0.2) is 6.54 Å². The molecule has 154 valence electrons. The van der Waals surface area contributed by atoms with E-state index in [1.165, 1.54) is 28.8 Å². The molecule has 0 fully saturated rings. The summed E-state index contributed by atoms with van der Waals surface area (Å²) in [7, 11) is 0. The van der Waals surface area contributed by atoms with Gasteiger partial charge >= 0.3 is 0 Å². The Morgan fingerprint density at radius 1 is 0.900 bits per heavy atom. The first-order chi connectivity index (χ1) is 14.8. The van der Waals surface area contributed by atoms with Crippen molar-refractivity contribution in [3.8, 4) is 11.5 Å². The van der Waals surface area contributed by atoms with Crippen molar-refractivity contribution in [3.05, 3.63) is 102 Å². The average Bonchev–Trinajstić information content (AvgIpc) is 3.01. The van der Waals surface area contributed by atoms with Gasteiger partial charge in [-0.05, 0) is 85.5 Å². The minimum Gasteiger partial charge on any atom is -0.457 e. The fraction of sp³-hybridized carbons (Fsp3) is 0.231. The van der Waals surface area contributed by atoms with Gasteiger partial charge in [0.25, 0.3) is 0 Å². The molecule has 1 aliphatic rings. The van der Waals surface area contributed by atoms with E-state index in [-0.39, 0.29) is 5.82 Å². The molecule has 0 bridgehead atoms. The number of hydrogen-bond donors (Lipinski definition) is 2. The van der Waals surface area contributed by atoms with Crippen molar-refractivity contribution in [2.24, 2.45) is 0 Å². The Morgan fingerprint density at radius 2 is 1.67 bits per heavy atom. The molecule has 1 aliphatic heterocycles. The third-order valence-electron chi connectivity index (χ3n) is 5.24. The van der Waals surface area contributed by atoms with Gasteiger partial charge in [0.1, 0.15) is 17.3 Å². The molecule has 2 N–H and O–H groups in total. The summed E-state index contributed by atoms with van der Waals surface area (Å²) >= 11 is 0. The van der Waals surface area contributed by atoms with Crippen LogP contribution in [0.3, 0.4) is 0 Å². The smallest absolute Gasteiger partial charge is 0.129 e. The molecule has 3 aromatic rings. The third kappa shape index (κ3) is 5.71. The number of allylic oxidation sites excluding steroid dienone is 1. The predicted octanol–water partition coefficient (Wildman–Crippen LogP) is 6.21. The number of hydrogen-bond acceptors (Lipinski definition) is 3. The van der Waals surface area contributed by atoms with Gasteiger partial charge in [0.05, 0.1) is 0 Å². The van der Waals surface area contributed by atoms with Crippen LogP contribution in [0.25, 0.3) is 0 Å². The fourth-order valence-electron chi connectivity index (χ4n) is 3.56. The standard InChI is InChI=1S/C26H27FN2O/c27-23-11-6-20(7-12-23)4-3-16-28-19-21-8-13-24(14-9-21)30-25-15-10-22-5-1-2-17-29-26(22)18-25/h2,6-15,17-18,28-29H,1,3-5,16,19H2. The number of ether oxygens (including phenoxy) is 1. The molecule has 3 nitrogen and oxygen atoms in total. The van der Waals surface area contributed by atoms with Gasteiger partial charge in [-0.1, -0.05) is 36.4 Å². The Hall–Kier alpha value is -3.11. The van der Waals surface area contributed by atoms with Crippen LogP contribution >= 0.6 is 0 Å². The third-order valence-corrected chi connectivity index (χ3v) is 5.24. The molecule has 0 radical (unpaired) electrons. The van der Waals surface area contributed by atoms with Crippen molar-refractivity contribution in [2.45, 2.75) is 32.2 Å². The number of rotatable bonds is 8. The largest absolute Gasteiger partial charge is 0.457 e. The summed E-state index contributed by atoms with van der Waals surface area (Å²) in [5, 5.41) is 6.78. The first-order valence-corrected chi connectivity index (χ1v) is 10.5. The van der Waals surface area contributed by atoms with Crippen LogP contribution in [0, 0.1) is 5.82 Å². The minimum atomic E-state index is -0.180. The molecule has 0 aromatic heterocycles. The molecule has 0 saturated carbocycles. The predicted molar refractivity (Wildman–Crippen MR) is 120 cm³/mol. The molecule has 4 rings (SSSR count). The van der Waals surface area contributed by atoms with Gasteiger partial charge in [-0.2, -0.15) is 0 Å². The van der Waals surface area contributed by atoms with E-state index in [1.54, 1.807) is 0 Å². The molecule has 3 aromatic carbocycles. The van der Waals surface area contributed by atoms with Crippen LogP contribution in [0.2, 0.25) is 0 Å². The second-order valence-corrected chi connectivity index (χ2v) is 7.56. The highest BCUT2D eigenvalue weighted by Gasteiger charge is 2.07. The van der Waals surface area contributed by atoms with Gasteiger partial charge in [-0.25, -0.2) is 4.39 Å². The van der Waals surface area contributed by atoms with Gasteiger partial charge in [0.2, 0.25) is 0 Å². The van der Waals surface area contributed by atoms with Crippen molar-refractivity contribution < 1.29 is 9.13 Å². The molecular weight excluding hydrogens is 375 g/mol. The second-order valence-electron chi connectivity index (χ2n) is 7.56. The van der Waals surface area contributed by atoms with Crippen LogP contribution in [-0.2, 0) is 19.4 Å². The molecule has 0 atom stereocenters. The SMILES string of the molecule is Fc1ccc(CCCNCc2ccc(Oc3ccc4c(c3)NC=CCC4)cc2)cc1. The lowest BCUT2D eigenvalue weighted by atomic mass is 10.1. The Kier molecular flexibility index (Phi) is 6.78. The fourth-order valence-corrected chi connectivity index (χ4v) is 3.56. The Labute approximate surface area is 177 Å². The number of anilines is 1. The Bertz CT molecular complexity index is 981. The van der Waals surface area contributed by atoms with Crippen LogP contribution < -0.4 is 15.4 Å². The van der Waals surface area contributed by atoms with E-state index in [2.05, 4.69) is 41.0 Å².